The van der Waals surface area contributed by atoms with Crippen molar-refractivity contribution in [2.24, 2.45) is 11.8 Å². The summed E-state index contributed by atoms with van der Waals surface area (Å²) in [6, 6.07) is 3.99. The standard InChI is InChI=1S/C21H30N2O3/c24-20(18-4-1-5-18)23-11-8-21(9-12-23)19(7-14-26-21)6-13-25-16-17-3-2-10-22-15-17/h2-3,10,15,18-19H,1,4-9,11-14,16H2/t19-/m1/s1. The van der Waals surface area contributed by atoms with E-state index in [4.69, 9.17) is 9.47 Å². The van der Waals surface area contributed by atoms with Crippen LogP contribution in [-0.2, 0) is 20.9 Å². The Kier molecular flexibility index (Phi) is 5.55. The van der Waals surface area contributed by atoms with Gasteiger partial charge in [-0.3, -0.25) is 9.78 Å². The third-order valence-electron chi connectivity index (χ3n) is 6.58. The molecular formula is C21H30N2O3. The number of hydrogen-bond donors (Lipinski definition) is 0. The van der Waals surface area contributed by atoms with Crippen molar-refractivity contribution < 1.29 is 14.3 Å². The number of ether oxygens (including phenoxy) is 2. The summed E-state index contributed by atoms with van der Waals surface area (Å²) < 4.78 is 12.1. The van der Waals surface area contributed by atoms with Crippen LogP contribution in [0.1, 0.15) is 50.5 Å². The molecule has 1 saturated carbocycles. The highest BCUT2D eigenvalue weighted by molar-refractivity contribution is 5.79. The Balaban J connectivity index is 1.23. The summed E-state index contributed by atoms with van der Waals surface area (Å²) in [5.41, 5.74) is 1.10. The molecule has 3 fully saturated rings. The molecule has 4 rings (SSSR count). The molecular weight excluding hydrogens is 328 g/mol. The monoisotopic (exact) mass is 358 g/mol. The Morgan fingerprint density at radius 1 is 1.31 bits per heavy atom. The van der Waals surface area contributed by atoms with Crippen LogP contribution in [-0.4, -0.2) is 47.7 Å². The molecule has 3 aliphatic rings. The van der Waals surface area contributed by atoms with Crippen LogP contribution in [0, 0.1) is 11.8 Å². The number of likely N-dealkylation sites (tertiary alicyclic amines) is 1. The van der Waals surface area contributed by atoms with Crippen LogP contribution in [0.25, 0.3) is 0 Å². The summed E-state index contributed by atoms with van der Waals surface area (Å²) in [6.45, 7) is 3.96. The summed E-state index contributed by atoms with van der Waals surface area (Å²) in [5, 5.41) is 0. The van der Waals surface area contributed by atoms with E-state index < -0.39 is 0 Å². The van der Waals surface area contributed by atoms with Crippen LogP contribution >= 0.6 is 0 Å². The summed E-state index contributed by atoms with van der Waals surface area (Å²) in [6.07, 6.45) is 11.2. The average molecular weight is 358 g/mol. The van der Waals surface area contributed by atoms with Crippen molar-refractivity contribution in [1.82, 2.24) is 9.88 Å². The zero-order valence-corrected chi connectivity index (χ0v) is 15.6. The number of piperidine rings is 1. The topological polar surface area (TPSA) is 51.7 Å². The first kappa shape index (κ1) is 17.9. The molecule has 1 aromatic rings. The number of rotatable bonds is 6. The van der Waals surface area contributed by atoms with Gasteiger partial charge in [0.05, 0.1) is 12.2 Å². The molecule has 1 amide bonds. The summed E-state index contributed by atoms with van der Waals surface area (Å²) >= 11 is 0. The van der Waals surface area contributed by atoms with Crippen LogP contribution in [0.5, 0.6) is 0 Å². The third-order valence-corrected chi connectivity index (χ3v) is 6.58. The van der Waals surface area contributed by atoms with E-state index >= 15 is 0 Å². The van der Waals surface area contributed by atoms with Crippen molar-refractivity contribution in [3.05, 3.63) is 30.1 Å². The van der Waals surface area contributed by atoms with Crippen LogP contribution < -0.4 is 0 Å². The molecule has 0 aromatic carbocycles. The number of nitrogens with zero attached hydrogens (tertiary/aromatic N) is 2. The summed E-state index contributed by atoms with van der Waals surface area (Å²) in [5.74, 6) is 1.25. The second-order valence-electron chi connectivity index (χ2n) is 8.05. The van der Waals surface area contributed by atoms with Gasteiger partial charge in [-0.1, -0.05) is 12.5 Å². The first-order chi connectivity index (χ1) is 12.8. The highest BCUT2D eigenvalue weighted by atomic mass is 16.5. The molecule has 0 unspecified atom stereocenters. The van der Waals surface area contributed by atoms with Gasteiger partial charge in [0.25, 0.3) is 0 Å². The van der Waals surface area contributed by atoms with Crippen molar-refractivity contribution in [2.45, 2.75) is 57.2 Å². The van der Waals surface area contributed by atoms with Crippen LogP contribution in [0.15, 0.2) is 24.5 Å². The van der Waals surface area contributed by atoms with Gasteiger partial charge in [0.1, 0.15) is 0 Å². The lowest BCUT2D eigenvalue weighted by molar-refractivity contribution is -0.144. The van der Waals surface area contributed by atoms with E-state index in [1.165, 1.54) is 6.42 Å². The van der Waals surface area contributed by atoms with Crippen molar-refractivity contribution in [2.75, 3.05) is 26.3 Å². The number of hydrogen-bond acceptors (Lipinski definition) is 4. The zero-order chi connectivity index (χ0) is 17.8. The van der Waals surface area contributed by atoms with E-state index in [9.17, 15) is 4.79 Å². The molecule has 1 aromatic heterocycles. The SMILES string of the molecule is O=C(C1CCC1)N1CCC2(CC1)OCC[C@H]2CCOCc1cccnc1. The zero-order valence-electron chi connectivity index (χ0n) is 15.6. The molecule has 1 aliphatic carbocycles. The maximum Gasteiger partial charge on any atom is 0.225 e. The molecule has 5 nitrogen and oxygen atoms in total. The van der Waals surface area contributed by atoms with Crippen LogP contribution in [0.4, 0.5) is 0 Å². The molecule has 0 bridgehead atoms. The highest BCUT2D eigenvalue weighted by Crippen LogP contribution is 2.43. The van der Waals surface area contributed by atoms with Gasteiger partial charge in [-0.15, -0.1) is 0 Å². The quantitative estimate of drug-likeness (QED) is 0.733. The molecule has 5 heteroatoms. The minimum Gasteiger partial charge on any atom is -0.377 e. The number of pyridine rings is 1. The van der Waals surface area contributed by atoms with Crippen molar-refractivity contribution in [3.63, 3.8) is 0 Å². The molecule has 1 spiro atoms. The number of carbonyl (C=O) groups is 1. The fraction of sp³-hybridized carbons (Fsp3) is 0.714. The lowest BCUT2D eigenvalue weighted by Gasteiger charge is -2.43. The lowest BCUT2D eigenvalue weighted by atomic mass is 9.77. The smallest absolute Gasteiger partial charge is 0.225 e. The van der Waals surface area contributed by atoms with E-state index in [0.29, 0.717) is 24.3 Å². The summed E-state index contributed by atoms with van der Waals surface area (Å²) in [4.78, 5) is 18.7. The van der Waals surface area contributed by atoms with Crippen LogP contribution in [0.3, 0.4) is 0 Å². The van der Waals surface area contributed by atoms with Gasteiger partial charge in [0.15, 0.2) is 0 Å². The van der Waals surface area contributed by atoms with Gasteiger partial charge in [-0.05, 0) is 56.1 Å². The molecule has 3 heterocycles. The average Bonchev–Trinajstić information content (AvgIpc) is 3.01. The molecule has 142 valence electrons. The lowest BCUT2D eigenvalue weighted by Crippen LogP contribution is -2.51. The third kappa shape index (κ3) is 3.79. The fourth-order valence-corrected chi connectivity index (χ4v) is 4.66. The molecule has 0 radical (unpaired) electrons. The van der Waals surface area contributed by atoms with Gasteiger partial charge in [0, 0.05) is 44.6 Å². The number of amides is 1. The van der Waals surface area contributed by atoms with Gasteiger partial charge < -0.3 is 14.4 Å². The van der Waals surface area contributed by atoms with E-state index in [0.717, 1.165) is 70.4 Å². The predicted octanol–water partition coefficient (Wildman–Crippen LogP) is 3.19. The molecule has 26 heavy (non-hydrogen) atoms. The fourth-order valence-electron chi connectivity index (χ4n) is 4.66. The van der Waals surface area contributed by atoms with Crippen LogP contribution in [0.2, 0.25) is 0 Å². The minimum atomic E-state index is -0.0198. The predicted molar refractivity (Wildman–Crippen MR) is 98.5 cm³/mol. The van der Waals surface area contributed by atoms with Gasteiger partial charge in [-0.2, -0.15) is 0 Å². The summed E-state index contributed by atoms with van der Waals surface area (Å²) in [7, 11) is 0. The Bertz CT molecular complexity index is 595. The molecule has 1 atom stereocenters. The molecule has 0 N–H and O–H groups in total. The van der Waals surface area contributed by atoms with Gasteiger partial charge >= 0.3 is 0 Å². The maximum atomic E-state index is 12.5. The highest BCUT2D eigenvalue weighted by Gasteiger charge is 2.47. The second kappa shape index (κ2) is 8.05. The van der Waals surface area contributed by atoms with Crippen molar-refractivity contribution in [3.8, 4) is 0 Å². The van der Waals surface area contributed by atoms with E-state index in [-0.39, 0.29) is 5.60 Å². The van der Waals surface area contributed by atoms with Crippen molar-refractivity contribution >= 4 is 5.91 Å². The minimum absolute atomic E-state index is 0.0198. The van der Waals surface area contributed by atoms with Crippen molar-refractivity contribution in [1.29, 1.82) is 0 Å². The normalized spacial score (nSPS) is 25.4. The number of aromatic nitrogens is 1. The van der Waals surface area contributed by atoms with E-state index in [1.807, 2.05) is 18.3 Å². The van der Waals surface area contributed by atoms with E-state index in [2.05, 4.69) is 9.88 Å². The largest absolute Gasteiger partial charge is 0.377 e. The second-order valence-corrected chi connectivity index (χ2v) is 8.05. The Hall–Kier alpha value is -1.46. The van der Waals surface area contributed by atoms with Gasteiger partial charge in [0.2, 0.25) is 5.91 Å². The Morgan fingerprint density at radius 3 is 2.85 bits per heavy atom. The van der Waals surface area contributed by atoms with E-state index in [1.54, 1.807) is 6.20 Å². The molecule has 2 saturated heterocycles. The number of carbonyl (C=O) groups excluding carboxylic acids is 1. The Morgan fingerprint density at radius 2 is 2.15 bits per heavy atom. The van der Waals surface area contributed by atoms with Gasteiger partial charge in [-0.25, -0.2) is 0 Å². The first-order valence-corrected chi connectivity index (χ1v) is 10.2. The molecule has 2 aliphatic heterocycles. The maximum absolute atomic E-state index is 12.5. The first-order valence-electron chi connectivity index (χ1n) is 10.2. The Labute approximate surface area is 156 Å².